The van der Waals surface area contributed by atoms with Crippen LogP contribution in [0.15, 0.2) is 0 Å². The topological polar surface area (TPSA) is 50.7 Å². The highest BCUT2D eigenvalue weighted by molar-refractivity contribution is 4.74. The van der Waals surface area contributed by atoms with E-state index in [1.54, 1.807) is 7.11 Å². The normalized spacial score (nSPS) is 15.6. The van der Waals surface area contributed by atoms with Gasteiger partial charge in [-0.3, -0.25) is 0 Å². The van der Waals surface area contributed by atoms with Crippen LogP contribution in [0.25, 0.3) is 0 Å². The lowest BCUT2D eigenvalue weighted by atomic mass is 10.0. The summed E-state index contributed by atoms with van der Waals surface area (Å²) in [5.74, 6) is 0. The smallest absolute Gasteiger partial charge is 0.0765 e. The fraction of sp³-hybridized carbons (Fsp3) is 1.00. The van der Waals surface area contributed by atoms with Gasteiger partial charge in [0.05, 0.1) is 18.3 Å². The Morgan fingerprint density at radius 1 is 1.33 bits per heavy atom. The van der Waals surface area contributed by atoms with Crippen LogP contribution in [0.3, 0.4) is 0 Å². The van der Waals surface area contributed by atoms with E-state index in [1.807, 2.05) is 20.8 Å². The maximum absolute atomic E-state index is 9.87. The number of rotatable bonds is 9. The Morgan fingerprint density at radius 3 is 2.53 bits per heavy atom. The first kappa shape index (κ1) is 14.8. The molecule has 0 saturated carbocycles. The summed E-state index contributed by atoms with van der Waals surface area (Å²) in [7, 11) is 1.64. The molecule has 0 aromatic rings. The number of hydrogen-bond donors (Lipinski definition) is 2. The minimum atomic E-state index is -0.701. The highest BCUT2D eigenvalue weighted by Gasteiger charge is 2.18. The molecule has 0 spiro atoms. The number of hydrogen-bond acceptors (Lipinski definition) is 4. The maximum Gasteiger partial charge on any atom is 0.0765 e. The van der Waals surface area contributed by atoms with Gasteiger partial charge in [0.25, 0.3) is 0 Å². The van der Waals surface area contributed by atoms with Crippen molar-refractivity contribution in [2.24, 2.45) is 0 Å². The summed E-state index contributed by atoms with van der Waals surface area (Å²) in [6.07, 6.45) is 0.905. The van der Waals surface area contributed by atoms with E-state index in [9.17, 15) is 5.11 Å². The first-order valence-electron chi connectivity index (χ1n) is 5.51. The molecule has 0 amide bonds. The zero-order chi connectivity index (χ0) is 11.7. The second kappa shape index (κ2) is 8.05. The summed E-state index contributed by atoms with van der Waals surface area (Å²) >= 11 is 0. The monoisotopic (exact) mass is 219 g/mol. The van der Waals surface area contributed by atoms with Gasteiger partial charge in [-0.15, -0.1) is 0 Å². The van der Waals surface area contributed by atoms with Crippen LogP contribution < -0.4 is 5.32 Å². The third-order valence-electron chi connectivity index (χ3n) is 2.08. The number of nitrogens with one attached hydrogen (secondary N) is 1. The van der Waals surface area contributed by atoms with E-state index < -0.39 is 5.60 Å². The molecule has 0 saturated heterocycles. The molecule has 0 aromatic heterocycles. The lowest BCUT2D eigenvalue weighted by Gasteiger charge is -2.23. The molecule has 2 N–H and O–H groups in total. The number of aliphatic hydroxyl groups is 1. The molecule has 92 valence electrons. The maximum atomic E-state index is 9.87. The van der Waals surface area contributed by atoms with Crippen molar-refractivity contribution in [3.8, 4) is 0 Å². The minimum absolute atomic E-state index is 0.265. The summed E-state index contributed by atoms with van der Waals surface area (Å²) < 4.78 is 10.3. The molecule has 0 aliphatic rings. The van der Waals surface area contributed by atoms with Gasteiger partial charge in [0.15, 0.2) is 0 Å². The van der Waals surface area contributed by atoms with Gasteiger partial charge in [-0.2, -0.15) is 0 Å². The van der Waals surface area contributed by atoms with Gasteiger partial charge < -0.3 is 19.9 Å². The van der Waals surface area contributed by atoms with Gasteiger partial charge in [0.2, 0.25) is 0 Å². The zero-order valence-electron chi connectivity index (χ0n) is 10.4. The van der Waals surface area contributed by atoms with E-state index in [0.717, 1.165) is 6.54 Å². The van der Waals surface area contributed by atoms with Crippen LogP contribution in [0.5, 0.6) is 0 Å². The Labute approximate surface area is 93.0 Å². The lowest BCUT2D eigenvalue weighted by molar-refractivity contribution is 0.0214. The summed E-state index contributed by atoms with van der Waals surface area (Å²) in [5, 5.41) is 13.0. The van der Waals surface area contributed by atoms with Crippen molar-refractivity contribution in [3.05, 3.63) is 0 Å². The fourth-order valence-corrected chi connectivity index (χ4v) is 1.13. The van der Waals surface area contributed by atoms with Crippen molar-refractivity contribution in [1.29, 1.82) is 0 Å². The van der Waals surface area contributed by atoms with Gasteiger partial charge in [-0.1, -0.05) is 0 Å². The van der Waals surface area contributed by atoms with Crippen molar-refractivity contribution >= 4 is 0 Å². The van der Waals surface area contributed by atoms with E-state index in [-0.39, 0.29) is 6.10 Å². The van der Waals surface area contributed by atoms with Crippen molar-refractivity contribution in [3.63, 3.8) is 0 Å². The van der Waals surface area contributed by atoms with E-state index in [1.165, 1.54) is 0 Å². The first-order chi connectivity index (χ1) is 6.98. The highest BCUT2D eigenvalue weighted by Crippen LogP contribution is 2.06. The molecule has 0 bridgehead atoms. The van der Waals surface area contributed by atoms with Gasteiger partial charge in [-0.25, -0.2) is 0 Å². The molecular formula is C11H25NO3. The minimum Gasteiger partial charge on any atom is -0.389 e. The molecular weight excluding hydrogens is 194 g/mol. The molecule has 0 heterocycles. The Morgan fingerprint density at radius 2 is 2.00 bits per heavy atom. The van der Waals surface area contributed by atoms with E-state index >= 15 is 0 Å². The van der Waals surface area contributed by atoms with Crippen molar-refractivity contribution in [2.45, 2.75) is 38.9 Å². The molecule has 4 nitrogen and oxygen atoms in total. The first-order valence-corrected chi connectivity index (χ1v) is 5.51. The van der Waals surface area contributed by atoms with Gasteiger partial charge in [0, 0.05) is 33.2 Å². The van der Waals surface area contributed by atoms with Crippen molar-refractivity contribution in [1.82, 2.24) is 5.32 Å². The molecule has 0 aliphatic carbocycles. The standard InChI is InChI=1S/C11H25NO3/c1-10(2)15-8-6-12-9-11(3,13)5-7-14-4/h10,12-13H,5-9H2,1-4H3. The van der Waals surface area contributed by atoms with Gasteiger partial charge >= 0.3 is 0 Å². The largest absolute Gasteiger partial charge is 0.389 e. The third-order valence-corrected chi connectivity index (χ3v) is 2.08. The van der Waals surface area contributed by atoms with E-state index in [0.29, 0.717) is 26.2 Å². The SMILES string of the molecule is COCCC(C)(O)CNCCOC(C)C. The fourth-order valence-electron chi connectivity index (χ4n) is 1.13. The van der Waals surface area contributed by atoms with E-state index in [4.69, 9.17) is 9.47 Å². The van der Waals surface area contributed by atoms with Crippen molar-refractivity contribution in [2.75, 3.05) is 33.4 Å². The Hall–Kier alpha value is -0.160. The average Bonchev–Trinajstić information content (AvgIpc) is 2.14. The molecule has 0 fully saturated rings. The molecule has 0 aromatic carbocycles. The Bertz CT molecular complexity index is 149. The quantitative estimate of drug-likeness (QED) is 0.563. The predicted octanol–water partition coefficient (Wildman–Crippen LogP) is 0.788. The zero-order valence-corrected chi connectivity index (χ0v) is 10.4. The molecule has 0 radical (unpaired) electrons. The molecule has 4 heteroatoms. The Kier molecular flexibility index (Phi) is 7.96. The van der Waals surface area contributed by atoms with Gasteiger partial charge in [-0.05, 0) is 20.8 Å². The summed E-state index contributed by atoms with van der Waals surface area (Å²) in [6, 6.07) is 0. The number of ether oxygens (including phenoxy) is 2. The van der Waals surface area contributed by atoms with E-state index in [2.05, 4.69) is 5.32 Å². The average molecular weight is 219 g/mol. The molecule has 1 unspecified atom stereocenters. The third kappa shape index (κ3) is 10.1. The predicted molar refractivity (Wildman–Crippen MR) is 61.1 cm³/mol. The van der Waals surface area contributed by atoms with Crippen LogP contribution in [0.4, 0.5) is 0 Å². The molecule has 15 heavy (non-hydrogen) atoms. The van der Waals surface area contributed by atoms with Crippen LogP contribution in [-0.4, -0.2) is 50.2 Å². The summed E-state index contributed by atoms with van der Waals surface area (Å²) in [4.78, 5) is 0. The summed E-state index contributed by atoms with van der Waals surface area (Å²) in [6.45, 7) is 8.42. The number of methoxy groups -OCH3 is 1. The molecule has 0 rings (SSSR count). The lowest BCUT2D eigenvalue weighted by Crippen LogP contribution is -2.40. The van der Waals surface area contributed by atoms with Crippen LogP contribution in [0.2, 0.25) is 0 Å². The van der Waals surface area contributed by atoms with Crippen LogP contribution in [-0.2, 0) is 9.47 Å². The van der Waals surface area contributed by atoms with Crippen molar-refractivity contribution < 1.29 is 14.6 Å². The second-order valence-corrected chi connectivity index (χ2v) is 4.34. The molecule has 1 atom stereocenters. The molecule has 0 aliphatic heterocycles. The van der Waals surface area contributed by atoms with Crippen LogP contribution >= 0.6 is 0 Å². The Balaban J connectivity index is 3.40. The van der Waals surface area contributed by atoms with Gasteiger partial charge in [0.1, 0.15) is 0 Å². The van der Waals surface area contributed by atoms with Crippen LogP contribution in [0.1, 0.15) is 27.2 Å². The second-order valence-electron chi connectivity index (χ2n) is 4.34. The highest BCUT2D eigenvalue weighted by atomic mass is 16.5. The summed E-state index contributed by atoms with van der Waals surface area (Å²) in [5.41, 5.74) is -0.701. The van der Waals surface area contributed by atoms with Crippen LogP contribution in [0, 0.1) is 0 Å².